The Kier molecular flexibility index (Phi) is 3.42. The van der Waals surface area contributed by atoms with E-state index < -0.39 is 0 Å². The lowest BCUT2D eigenvalue weighted by molar-refractivity contribution is 0.407. The second-order valence-corrected chi connectivity index (χ2v) is 3.92. The number of ether oxygens (including phenoxy) is 1. The summed E-state index contributed by atoms with van der Waals surface area (Å²) in [5, 5.41) is 0. The molecule has 86 valence electrons. The highest BCUT2D eigenvalue weighted by atomic mass is 19.1. The number of hydrogen-bond donors (Lipinski definition) is 0. The largest absolute Gasteiger partial charge is 0.495 e. The van der Waals surface area contributed by atoms with Crippen molar-refractivity contribution >= 4 is 13.3 Å². The van der Waals surface area contributed by atoms with Crippen LogP contribution in [0.1, 0.15) is 11.3 Å². The molecule has 0 saturated carbocycles. The van der Waals surface area contributed by atoms with Gasteiger partial charge in [0.2, 0.25) is 0 Å². The molecule has 17 heavy (non-hydrogen) atoms. The van der Waals surface area contributed by atoms with Crippen LogP contribution in [-0.2, 0) is 6.42 Å². The fraction of sp³-hybridized carbons (Fsp3) is 0.154. The third-order valence-electron chi connectivity index (χ3n) is 2.63. The van der Waals surface area contributed by atoms with Gasteiger partial charge in [0.15, 0.2) is 0 Å². The van der Waals surface area contributed by atoms with E-state index in [1.165, 1.54) is 6.07 Å². The molecule has 0 aliphatic heterocycles. The highest BCUT2D eigenvalue weighted by molar-refractivity contribution is 6.32. The molecule has 0 atom stereocenters. The van der Waals surface area contributed by atoms with Gasteiger partial charge in [-0.3, -0.25) is 4.98 Å². The maximum absolute atomic E-state index is 13.7. The van der Waals surface area contributed by atoms with Crippen LogP contribution in [0.2, 0.25) is 0 Å². The summed E-state index contributed by atoms with van der Waals surface area (Å²) in [6.45, 7) is 0. The first-order valence-corrected chi connectivity index (χ1v) is 5.43. The van der Waals surface area contributed by atoms with E-state index in [4.69, 9.17) is 4.74 Å². The number of methoxy groups -OCH3 is 1. The minimum absolute atomic E-state index is 0.197. The summed E-state index contributed by atoms with van der Waals surface area (Å²) in [6.07, 6.45) is 2.13. The Morgan fingerprint density at radius 2 is 2.18 bits per heavy atom. The minimum atomic E-state index is -0.197. The number of halogens is 1. The van der Waals surface area contributed by atoms with Crippen molar-refractivity contribution in [2.45, 2.75) is 6.42 Å². The van der Waals surface area contributed by atoms with E-state index in [9.17, 15) is 4.39 Å². The van der Waals surface area contributed by atoms with E-state index >= 15 is 0 Å². The minimum Gasteiger partial charge on any atom is -0.495 e. The zero-order valence-corrected chi connectivity index (χ0v) is 9.90. The number of rotatable bonds is 3. The van der Waals surface area contributed by atoms with Crippen LogP contribution in [0.15, 0.2) is 36.5 Å². The number of nitrogens with zero attached hydrogens (tertiary/aromatic N) is 1. The van der Waals surface area contributed by atoms with Crippen LogP contribution in [-0.4, -0.2) is 19.9 Å². The molecule has 1 heterocycles. The summed E-state index contributed by atoms with van der Waals surface area (Å²) in [7, 11) is 3.46. The highest BCUT2D eigenvalue weighted by Crippen LogP contribution is 2.19. The van der Waals surface area contributed by atoms with Gasteiger partial charge in [-0.1, -0.05) is 17.6 Å². The average Bonchev–Trinajstić information content (AvgIpc) is 2.33. The number of aromatic nitrogens is 1. The first-order valence-electron chi connectivity index (χ1n) is 5.43. The van der Waals surface area contributed by atoms with Gasteiger partial charge >= 0.3 is 0 Å². The van der Waals surface area contributed by atoms with Gasteiger partial charge in [-0.2, -0.15) is 0 Å². The van der Waals surface area contributed by atoms with E-state index in [0.29, 0.717) is 17.7 Å². The lowest BCUT2D eigenvalue weighted by Gasteiger charge is -2.08. The number of pyridine rings is 1. The Labute approximate surface area is 101 Å². The Balaban J connectivity index is 2.31. The molecule has 2 nitrogen and oxygen atoms in total. The number of hydrogen-bond acceptors (Lipinski definition) is 2. The van der Waals surface area contributed by atoms with Crippen LogP contribution in [0.25, 0.3) is 0 Å². The molecule has 0 radical (unpaired) electrons. The standard InChI is InChI=1S/C13H13BFNO/c1-17-13-3-2-6-16-12(13)7-9-4-5-10(14)8-11(9)15/h2-6,8H,7,14H2,1H3. The highest BCUT2D eigenvalue weighted by Gasteiger charge is 2.08. The molecule has 0 saturated heterocycles. The molecule has 2 aromatic rings. The van der Waals surface area contributed by atoms with Crippen molar-refractivity contribution in [3.8, 4) is 5.75 Å². The summed E-state index contributed by atoms with van der Waals surface area (Å²) < 4.78 is 18.9. The lowest BCUT2D eigenvalue weighted by atomic mass is 9.94. The summed E-state index contributed by atoms with van der Waals surface area (Å²) in [4.78, 5) is 4.22. The zero-order valence-electron chi connectivity index (χ0n) is 9.90. The van der Waals surface area contributed by atoms with Gasteiger partial charge in [-0.05, 0) is 23.8 Å². The second-order valence-electron chi connectivity index (χ2n) is 3.92. The van der Waals surface area contributed by atoms with Crippen molar-refractivity contribution in [3.05, 3.63) is 53.6 Å². The predicted octanol–water partition coefficient (Wildman–Crippen LogP) is 1.08. The van der Waals surface area contributed by atoms with Gasteiger partial charge in [-0.25, -0.2) is 4.39 Å². The van der Waals surface area contributed by atoms with Crippen LogP contribution in [0.3, 0.4) is 0 Å². The van der Waals surface area contributed by atoms with Crippen LogP contribution < -0.4 is 10.2 Å². The predicted molar refractivity (Wildman–Crippen MR) is 68.2 cm³/mol. The van der Waals surface area contributed by atoms with Crippen molar-refractivity contribution < 1.29 is 9.13 Å². The molecule has 0 aliphatic carbocycles. The molecule has 4 heteroatoms. The Hall–Kier alpha value is -1.84. The fourth-order valence-corrected chi connectivity index (χ4v) is 1.72. The second kappa shape index (κ2) is 5.00. The van der Waals surface area contributed by atoms with Gasteiger partial charge in [-0.15, -0.1) is 0 Å². The SMILES string of the molecule is Bc1ccc(Cc2ncccc2OC)c(F)c1. The zero-order chi connectivity index (χ0) is 12.3. The van der Waals surface area contributed by atoms with Gasteiger partial charge in [0.25, 0.3) is 0 Å². The van der Waals surface area contributed by atoms with Crippen molar-refractivity contribution in [2.75, 3.05) is 7.11 Å². The number of benzene rings is 1. The third-order valence-corrected chi connectivity index (χ3v) is 2.63. The summed E-state index contributed by atoms with van der Waals surface area (Å²) in [5.41, 5.74) is 2.30. The van der Waals surface area contributed by atoms with Gasteiger partial charge in [0, 0.05) is 12.6 Å². The topological polar surface area (TPSA) is 22.1 Å². The van der Waals surface area contributed by atoms with Gasteiger partial charge < -0.3 is 4.74 Å². The molecule has 0 bridgehead atoms. The van der Waals surface area contributed by atoms with Gasteiger partial charge in [0.05, 0.1) is 12.8 Å². The van der Waals surface area contributed by atoms with E-state index in [2.05, 4.69) is 4.98 Å². The summed E-state index contributed by atoms with van der Waals surface area (Å²) in [5.74, 6) is 0.491. The first kappa shape index (κ1) is 11.6. The Bertz CT molecular complexity index is 531. The molecule has 1 aromatic carbocycles. The van der Waals surface area contributed by atoms with Crippen molar-refractivity contribution in [2.24, 2.45) is 0 Å². The molecule has 0 unspecified atom stereocenters. The summed E-state index contributed by atoms with van der Waals surface area (Å²) >= 11 is 0. The smallest absolute Gasteiger partial charge is 0.140 e. The molecular formula is C13H13BFNO. The maximum Gasteiger partial charge on any atom is 0.140 e. The lowest BCUT2D eigenvalue weighted by Crippen LogP contribution is -2.06. The first-order chi connectivity index (χ1) is 8.20. The quantitative estimate of drug-likeness (QED) is 0.734. The van der Waals surface area contributed by atoms with Crippen molar-refractivity contribution in [3.63, 3.8) is 0 Å². The van der Waals surface area contributed by atoms with Crippen LogP contribution in [0.4, 0.5) is 4.39 Å². The monoisotopic (exact) mass is 229 g/mol. The molecule has 0 fully saturated rings. The Morgan fingerprint density at radius 3 is 2.88 bits per heavy atom. The molecule has 0 amide bonds. The van der Waals surface area contributed by atoms with E-state index in [-0.39, 0.29) is 5.82 Å². The van der Waals surface area contributed by atoms with Gasteiger partial charge in [0.1, 0.15) is 19.4 Å². The normalized spacial score (nSPS) is 10.2. The van der Waals surface area contributed by atoms with E-state index in [1.807, 2.05) is 20.0 Å². The maximum atomic E-state index is 13.7. The van der Waals surface area contributed by atoms with Crippen molar-refractivity contribution in [1.29, 1.82) is 0 Å². The average molecular weight is 229 g/mol. The van der Waals surface area contributed by atoms with E-state index in [1.54, 1.807) is 25.4 Å². The van der Waals surface area contributed by atoms with Crippen LogP contribution >= 0.6 is 0 Å². The molecular weight excluding hydrogens is 216 g/mol. The third kappa shape index (κ3) is 2.64. The molecule has 0 spiro atoms. The van der Waals surface area contributed by atoms with Crippen LogP contribution in [0.5, 0.6) is 5.75 Å². The molecule has 0 aliphatic rings. The fourth-order valence-electron chi connectivity index (χ4n) is 1.72. The molecule has 0 N–H and O–H groups in total. The Morgan fingerprint density at radius 1 is 1.35 bits per heavy atom. The summed E-state index contributed by atoms with van der Waals surface area (Å²) in [6, 6.07) is 8.85. The molecule has 1 aromatic heterocycles. The van der Waals surface area contributed by atoms with Crippen molar-refractivity contribution in [1.82, 2.24) is 4.98 Å². The molecule has 2 rings (SSSR count). The van der Waals surface area contributed by atoms with Crippen LogP contribution in [0, 0.1) is 5.82 Å². The van der Waals surface area contributed by atoms with E-state index in [0.717, 1.165) is 11.2 Å².